The molecule has 3 aromatic rings. The first-order chi connectivity index (χ1) is 18.4. The molecule has 0 unspecified atom stereocenters. The number of anilines is 2. The van der Waals surface area contributed by atoms with Gasteiger partial charge in [0.2, 0.25) is 0 Å². The van der Waals surface area contributed by atoms with E-state index in [4.69, 9.17) is 4.74 Å². The van der Waals surface area contributed by atoms with E-state index in [1.165, 1.54) is 24.4 Å². The van der Waals surface area contributed by atoms with E-state index in [1.807, 2.05) is 31.2 Å². The van der Waals surface area contributed by atoms with Gasteiger partial charge in [-0.25, -0.2) is 13.4 Å². The molecule has 2 aromatic carbocycles. The zero-order valence-electron chi connectivity index (χ0n) is 21.5. The number of aliphatic imine (C=N–C) groups is 1. The molecule has 1 aromatic heterocycles. The Morgan fingerprint density at radius 1 is 1.08 bits per heavy atom. The van der Waals surface area contributed by atoms with Gasteiger partial charge in [0.1, 0.15) is 16.3 Å². The van der Waals surface area contributed by atoms with Gasteiger partial charge in [-0.2, -0.15) is 0 Å². The van der Waals surface area contributed by atoms with Crippen LogP contribution < -0.4 is 14.4 Å². The Bertz CT molecular complexity index is 1440. The van der Waals surface area contributed by atoms with E-state index in [2.05, 4.69) is 26.3 Å². The molecular formula is C28H31N5O4S. The molecule has 0 spiro atoms. The number of nitrogens with zero attached hydrogens (tertiary/aromatic N) is 4. The van der Waals surface area contributed by atoms with Crippen LogP contribution in [0.5, 0.6) is 5.75 Å². The number of hydrogen-bond acceptors (Lipinski definition) is 7. The molecule has 0 aliphatic carbocycles. The van der Waals surface area contributed by atoms with Crippen molar-refractivity contribution in [3.63, 3.8) is 0 Å². The molecule has 1 fully saturated rings. The molecule has 9 nitrogen and oxygen atoms in total. The van der Waals surface area contributed by atoms with Crippen LogP contribution in [0.15, 0.2) is 76.8 Å². The van der Waals surface area contributed by atoms with Gasteiger partial charge in [-0.3, -0.25) is 14.5 Å². The van der Waals surface area contributed by atoms with Gasteiger partial charge >= 0.3 is 0 Å². The Hall–Kier alpha value is -4.18. The van der Waals surface area contributed by atoms with Crippen LogP contribution in [0.1, 0.15) is 29.4 Å². The third-order valence-corrected chi connectivity index (χ3v) is 7.68. The second-order valence-corrected chi connectivity index (χ2v) is 10.3. The van der Waals surface area contributed by atoms with Crippen LogP contribution in [0.2, 0.25) is 0 Å². The molecule has 10 heteroatoms. The van der Waals surface area contributed by atoms with Gasteiger partial charge in [-0.05, 0) is 50.4 Å². The van der Waals surface area contributed by atoms with E-state index in [0.717, 1.165) is 24.4 Å². The number of sulfonamides is 1. The molecule has 0 bridgehead atoms. The van der Waals surface area contributed by atoms with E-state index in [0.29, 0.717) is 25.2 Å². The van der Waals surface area contributed by atoms with E-state index in [-0.39, 0.29) is 27.9 Å². The molecule has 0 radical (unpaired) electrons. The van der Waals surface area contributed by atoms with Crippen molar-refractivity contribution in [2.24, 2.45) is 4.99 Å². The predicted molar refractivity (Wildman–Crippen MR) is 151 cm³/mol. The molecule has 1 aliphatic rings. The molecular weight excluding hydrogens is 502 g/mol. The molecule has 1 N–H and O–H groups in total. The number of carbonyl (C=O) groups excluding carboxylic acids is 1. The minimum absolute atomic E-state index is 0.00687. The average Bonchev–Trinajstić information content (AvgIpc) is 3.19. The number of aromatic nitrogens is 1. The van der Waals surface area contributed by atoms with Crippen molar-refractivity contribution in [1.82, 2.24) is 9.88 Å². The Labute approximate surface area is 223 Å². The quantitative estimate of drug-likeness (QED) is 0.424. The molecule has 0 atom stereocenters. The largest absolute Gasteiger partial charge is 0.495 e. The fourth-order valence-corrected chi connectivity index (χ4v) is 5.68. The van der Waals surface area contributed by atoms with Crippen molar-refractivity contribution in [2.45, 2.75) is 18.2 Å². The second-order valence-electron chi connectivity index (χ2n) is 8.69. The summed E-state index contributed by atoms with van der Waals surface area (Å²) in [5, 5.41) is 0. The fraction of sp³-hybridized carbons (Fsp3) is 0.250. The van der Waals surface area contributed by atoms with E-state index in [9.17, 15) is 13.2 Å². The van der Waals surface area contributed by atoms with Gasteiger partial charge in [0.15, 0.2) is 0 Å². The summed E-state index contributed by atoms with van der Waals surface area (Å²) in [4.78, 5) is 25.4. The number of amides is 1. The predicted octanol–water partition coefficient (Wildman–Crippen LogP) is 4.61. The van der Waals surface area contributed by atoms with E-state index in [1.54, 1.807) is 36.3 Å². The normalized spacial score (nSPS) is 14.3. The van der Waals surface area contributed by atoms with Gasteiger partial charge in [0, 0.05) is 31.7 Å². The monoisotopic (exact) mass is 533 g/mol. The van der Waals surface area contributed by atoms with Crippen LogP contribution in [-0.4, -0.2) is 64.2 Å². The summed E-state index contributed by atoms with van der Waals surface area (Å²) < 4.78 is 34.2. The summed E-state index contributed by atoms with van der Waals surface area (Å²) in [5.41, 5.74) is 2.41. The van der Waals surface area contributed by atoms with Gasteiger partial charge in [0.05, 0.1) is 30.4 Å². The zero-order valence-corrected chi connectivity index (χ0v) is 22.3. The number of allylic oxidation sites excluding steroid dienone is 1. The highest BCUT2D eigenvalue weighted by Gasteiger charge is 2.24. The Balaban J connectivity index is 1.45. The number of para-hydroxylation sites is 3. The summed E-state index contributed by atoms with van der Waals surface area (Å²) in [5.74, 6) is 0.606. The third-order valence-electron chi connectivity index (χ3n) is 6.27. The minimum atomic E-state index is -3.96. The smallest absolute Gasteiger partial charge is 0.272 e. The molecule has 4 rings (SSSR count). The van der Waals surface area contributed by atoms with Crippen LogP contribution >= 0.6 is 0 Å². The first-order valence-corrected chi connectivity index (χ1v) is 13.7. The SMILES string of the molecule is C=Nc1c(/C=C\C)cccc1S(=O)(=O)Nc1ccc(C(=O)N2CCCN(c3ccccc3OC)CC2)nc1. The Morgan fingerprint density at radius 2 is 1.89 bits per heavy atom. The lowest BCUT2D eigenvalue weighted by Crippen LogP contribution is -2.35. The number of rotatable bonds is 8. The highest BCUT2D eigenvalue weighted by Crippen LogP contribution is 2.31. The molecule has 0 saturated carbocycles. The first kappa shape index (κ1) is 26.9. The number of benzene rings is 2. The van der Waals surface area contributed by atoms with E-state index < -0.39 is 10.0 Å². The van der Waals surface area contributed by atoms with Gasteiger partial charge in [-0.1, -0.05) is 36.4 Å². The van der Waals surface area contributed by atoms with Crippen LogP contribution in [-0.2, 0) is 10.0 Å². The maximum atomic E-state index is 13.2. The minimum Gasteiger partial charge on any atom is -0.495 e. The summed E-state index contributed by atoms with van der Waals surface area (Å²) in [7, 11) is -2.31. The van der Waals surface area contributed by atoms with Crippen LogP contribution in [0, 0.1) is 0 Å². The Kier molecular flexibility index (Phi) is 8.42. The van der Waals surface area contributed by atoms with Crippen molar-refractivity contribution in [3.8, 4) is 5.75 Å². The standard InChI is InChI=1S/C28H31N5O4S/c1-4-9-21-10-7-13-26(27(21)29-2)38(35,36)31-22-14-15-23(30-20-22)28(34)33-17-8-16-32(18-19-33)24-11-5-6-12-25(24)37-3/h4-7,9-15,20,31H,2,8,16-19H2,1,3H3/b9-4-. The van der Waals surface area contributed by atoms with Crippen molar-refractivity contribution in [1.29, 1.82) is 0 Å². The van der Waals surface area contributed by atoms with Gasteiger partial charge in [-0.15, -0.1) is 0 Å². The molecule has 1 aliphatic heterocycles. The fourth-order valence-electron chi connectivity index (χ4n) is 4.44. The number of nitrogens with one attached hydrogen (secondary N) is 1. The average molecular weight is 534 g/mol. The summed E-state index contributed by atoms with van der Waals surface area (Å²) in [6, 6.07) is 15.8. The van der Waals surface area contributed by atoms with Crippen LogP contribution in [0.3, 0.4) is 0 Å². The molecule has 1 saturated heterocycles. The lowest BCUT2D eigenvalue weighted by atomic mass is 10.1. The van der Waals surface area contributed by atoms with Gasteiger partial charge in [0.25, 0.3) is 15.9 Å². The Morgan fingerprint density at radius 3 is 2.61 bits per heavy atom. The highest BCUT2D eigenvalue weighted by atomic mass is 32.2. The topological polar surface area (TPSA) is 104 Å². The zero-order chi connectivity index (χ0) is 27.1. The lowest BCUT2D eigenvalue weighted by Gasteiger charge is -2.25. The highest BCUT2D eigenvalue weighted by molar-refractivity contribution is 7.92. The maximum Gasteiger partial charge on any atom is 0.272 e. The third kappa shape index (κ3) is 5.86. The van der Waals surface area contributed by atoms with Crippen molar-refractivity contribution in [2.75, 3.05) is 42.9 Å². The first-order valence-electron chi connectivity index (χ1n) is 12.3. The second kappa shape index (κ2) is 11.9. The molecule has 198 valence electrons. The van der Waals surface area contributed by atoms with Crippen molar-refractivity contribution in [3.05, 3.63) is 78.1 Å². The summed E-state index contributed by atoms with van der Waals surface area (Å²) in [6.45, 7) is 7.96. The lowest BCUT2D eigenvalue weighted by molar-refractivity contribution is 0.0761. The van der Waals surface area contributed by atoms with Crippen LogP contribution in [0.4, 0.5) is 17.1 Å². The number of methoxy groups -OCH3 is 1. The molecule has 1 amide bonds. The number of ether oxygens (including phenoxy) is 1. The number of carbonyl (C=O) groups is 1. The number of pyridine rings is 1. The summed E-state index contributed by atoms with van der Waals surface area (Å²) >= 11 is 0. The van der Waals surface area contributed by atoms with Crippen molar-refractivity contribution >= 4 is 45.8 Å². The van der Waals surface area contributed by atoms with E-state index >= 15 is 0 Å². The number of hydrogen-bond donors (Lipinski definition) is 1. The summed E-state index contributed by atoms with van der Waals surface area (Å²) in [6.07, 6.45) is 5.71. The molecule has 38 heavy (non-hydrogen) atoms. The van der Waals surface area contributed by atoms with Gasteiger partial charge < -0.3 is 14.5 Å². The van der Waals surface area contributed by atoms with Crippen molar-refractivity contribution < 1.29 is 17.9 Å². The molecule has 2 heterocycles. The maximum absolute atomic E-state index is 13.2. The van der Waals surface area contributed by atoms with Crippen LogP contribution in [0.25, 0.3) is 6.08 Å².